The van der Waals surface area contributed by atoms with Crippen LogP contribution in [0.5, 0.6) is 0 Å². The Morgan fingerprint density at radius 2 is 1.77 bits per heavy atom. The molecule has 1 aromatic carbocycles. The Morgan fingerprint density at radius 1 is 1.02 bits per heavy atom. The van der Waals surface area contributed by atoms with Gasteiger partial charge in [-0.15, -0.1) is 0 Å². The van der Waals surface area contributed by atoms with E-state index in [4.69, 9.17) is 5.10 Å². The van der Waals surface area contributed by atoms with E-state index in [0.717, 1.165) is 5.52 Å². The van der Waals surface area contributed by atoms with Gasteiger partial charge in [0, 0.05) is 62.5 Å². The van der Waals surface area contributed by atoms with Crippen LogP contribution in [0.2, 0.25) is 0 Å². The number of rotatable bonds is 12. The fraction of sp³-hybridized carbons (Fsp3) is 0.438. The number of aryl methyl sites for hydroxylation is 1. The Morgan fingerprint density at radius 3 is 2.49 bits per heavy atom. The summed E-state index contributed by atoms with van der Waals surface area (Å²) in [5.41, 5.74) is 2.61. The SMILES string of the molecule is CCC(=O)CCC(=O)N1CCC(c2nn(CC(=O)NCC(=O)NCC(=O)OC)c3nccc(-c4cc5c(cnn5C)cc4F)c23)CC1. The first kappa shape index (κ1) is 33.2. The number of piperidine rings is 1. The Balaban J connectivity index is 1.44. The number of pyridine rings is 1. The van der Waals surface area contributed by atoms with Crippen molar-refractivity contribution < 1.29 is 33.1 Å². The van der Waals surface area contributed by atoms with Gasteiger partial charge in [-0.3, -0.25) is 28.7 Å². The van der Waals surface area contributed by atoms with Crippen LogP contribution in [0, 0.1) is 5.82 Å². The van der Waals surface area contributed by atoms with E-state index in [0.29, 0.717) is 65.6 Å². The summed E-state index contributed by atoms with van der Waals surface area (Å²) >= 11 is 0. The second-order valence-corrected chi connectivity index (χ2v) is 11.4. The van der Waals surface area contributed by atoms with E-state index in [2.05, 4.69) is 25.5 Å². The van der Waals surface area contributed by atoms with E-state index >= 15 is 4.39 Å². The van der Waals surface area contributed by atoms with Crippen LogP contribution < -0.4 is 10.6 Å². The number of ether oxygens (including phenoxy) is 1. The van der Waals surface area contributed by atoms with Crippen LogP contribution in [0.4, 0.5) is 4.39 Å². The quantitative estimate of drug-likeness (QED) is 0.218. The molecular weight excluding hydrogens is 611 g/mol. The highest BCUT2D eigenvalue weighted by Gasteiger charge is 2.30. The summed E-state index contributed by atoms with van der Waals surface area (Å²) < 4.78 is 23.2. The number of aromatic nitrogens is 5. The molecule has 0 atom stereocenters. The third-order valence-corrected chi connectivity index (χ3v) is 8.43. The van der Waals surface area contributed by atoms with Crippen LogP contribution in [0.15, 0.2) is 30.6 Å². The largest absolute Gasteiger partial charge is 0.468 e. The highest BCUT2D eigenvalue weighted by molar-refractivity contribution is 5.98. The predicted octanol–water partition coefficient (Wildman–Crippen LogP) is 1.99. The minimum Gasteiger partial charge on any atom is -0.468 e. The average molecular weight is 649 g/mol. The lowest BCUT2D eigenvalue weighted by molar-refractivity contribution is -0.141. The molecular formula is C32H37FN8O6. The van der Waals surface area contributed by atoms with Crippen molar-refractivity contribution in [1.29, 1.82) is 0 Å². The predicted molar refractivity (Wildman–Crippen MR) is 168 cm³/mol. The van der Waals surface area contributed by atoms with Crippen LogP contribution >= 0.6 is 0 Å². The van der Waals surface area contributed by atoms with Crippen molar-refractivity contribution in [2.75, 3.05) is 33.3 Å². The number of benzene rings is 1. The first-order valence-corrected chi connectivity index (χ1v) is 15.5. The van der Waals surface area contributed by atoms with Gasteiger partial charge in [-0.2, -0.15) is 10.2 Å². The lowest BCUT2D eigenvalue weighted by Crippen LogP contribution is -2.40. The highest BCUT2D eigenvalue weighted by atomic mass is 19.1. The first-order valence-electron chi connectivity index (χ1n) is 15.5. The third-order valence-electron chi connectivity index (χ3n) is 8.43. The minimum atomic E-state index is -0.622. The average Bonchev–Trinajstić information content (AvgIpc) is 3.63. The van der Waals surface area contributed by atoms with Gasteiger partial charge in [-0.1, -0.05) is 6.92 Å². The smallest absolute Gasteiger partial charge is 0.325 e. The monoisotopic (exact) mass is 648 g/mol. The van der Waals surface area contributed by atoms with Gasteiger partial charge in [0.25, 0.3) is 0 Å². The number of carbonyl (C=O) groups excluding carboxylic acids is 5. The van der Waals surface area contributed by atoms with Crippen LogP contribution in [0.3, 0.4) is 0 Å². The zero-order valence-electron chi connectivity index (χ0n) is 26.5. The molecule has 1 fully saturated rings. The zero-order valence-corrected chi connectivity index (χ0v) is 26.5. The number of amides is 3. The van der Waals surface area contributed by atoms with Gasteiger partial charge in [0.1, 0.15) is 24.7 Å². The molecule has 0 bridgehead atoms. The lowest BCUT2D eigenvalue weighted by atomic mass is 9.89. The van der Waals surface area contributed by atoms with Gasteiger partial charge in [-0.25, -0.2) is 14.1 Å². The van der Waals surface area contributed by atoms with Crippen LogP contribution in [-0.4, -0.2) is 92.2 Å². The molecule has 1 saturated heterocycles. The van der Waals surface area contributed by atoms with E-state index in [1.54, 1.807) is 41.9 Å². The van der Waals surface area contributed by atoms with Crippen molar-refractivity contribution in [2.45, 2.75) is 51.5 Å². The summed E-state index contributed by atoms with van der Waals surface area (Å²) in [4.78, 5) is 67.1. The summed E-state index contributed by atoms with van der Waals surface area (Å²) in [5.74, 6) is -2.31. The van der Waals surface area contributed by atoms with Crippen LogP contribution in [-0.2, 0) is 42.3 Å². The standard InChI is InChI=1S/C32H37FN8O6/c1-4-21(42)5-6-28(45)40-11-8-19(9-12-40)31-30-22(23-14-25-20(13-24(23)33)15-37-39(25)2)7-10-34-32(30)41(38-31)18-27(44)35-16-26(43)36-17-29(46)47-3/h7,10,13-15,19H,4-6,8-9,11-12,16-18H2,1-3H3,(H,35,44)(H,36,43). The molecule has 3 aromatic heterocycles. The molecule has 0 unspecified atom stereocenters. The molecule has 1 aliphatic rings. The number of methoxy groups -OCH3 is 1. The molecule has 0 saturated carbocycles. The molecule has 47 heavy (non-hydrogen) atoms. The molecule has 5 rings (SSSR count). The van der Waals surface area contributed by atoms with Crippen molar-refractivity contribution in [1.82, 2.24) is 40.1 Å². The summed E-state index contributed by atoms with van der Waals surface area (Å²) in [7, 11) is 2.97. The number of hydrogen-bond acceptors (Lipinski definition) is 9. The Hall–Kier alpha value is -5.21. The summed E-state index contributed by atoms with van der Waals surface area (Å²) in [6.07, 6.45) is 5.07. The number of likely N-dealkylation sites (tertiary alicyclic amines) is 1. The summed E-state index contributed by atoms with van der Waals surface area (Å²) in [6.45, 7) is 1.73. The molecule has 0 spiro atoms. The normalized spacial score (nSPS) is 13.6. The Kier molecular flexibility index (Phi) is 10.2. The van der Waals surface area contributed by atoms with Crippen molar-refractivity contribution >= 4 is 51.4 Å². The number of nitrogens with zero attached hydrogens (tertiary/aromatic N) is 6. The third kappa shape index (κ3) is 7.45. The number of Topliss-reactive ketones (excluding diaryl/α,β-unsaturated/α-hetero) is 1. The maximum Gasteiger partial charge on any atom is 0.325 e. The Bertz CT molecular complexity index is 1840. The molecule has 14 nitrogen and oxygen atoms in total. The lowest BCUT2D eigenvalue weighted by Gasteiger charge is -2.31. The fourth-order valence-electron chi connectivity index (χ4n) is 5.78. The Labute approximate surface area is 269 Å². The van der Waals surface area contributed by atoms with Crippen LogP contribution in [0.25, 0.3) is 33.1 Å². The van der Waals surface area contributed by atoms with E-state index in [1.165, 1.54) is 24.1 Å². The van der Waals surface area contributed by atoms with Gasteiger partial charge in [0.05, 0.1) is 36.4 Å². The number of hydrogen-bond donors (Lipinski definition) is 2. The maximum absolute atomic E-state index is 15.7. The number of halogens is 1. The summed E-state index contributed by atoms with van der Waals surface area (Å²) in [5, 5.41) is 15.2. The van der Waals surface area contributed by atoms with Crippen molar-refractivity contribution in [3.05, 3.63) is 42.1 Å². The van der Waals surface area contributed by atoms with Gasteiger partial charge in [0.15, 0.2) is 5.65 Å². The molecule has 15 heteroatoms. The number of fused-ring (bicyclic) bond motifs is 2. The number of esters is 1. The molecule has 0 radical (unpaired) electrons. The van der Waals surface area contributed by atoms with Gasteiger partial charge in [-0.05, 0) is 36.6 Å². The maximum atomic E-state index is 15.7. The number of carbonyl (C=O) groups is 5. The van der Waals surface area contributed by atoms with Gasteiger partial charge in [0.2, 0.25) is 17.7 Å². The molecule has 0 aliphatic carbocycles. The van der Waals surface area contributed by atoms with E-state index in [-0.39, 0.29) is 50.1 Å². The molecule has 4 heterocycles. The second-order valence-electron chi connectivity index (χ2n) is 11.4. The zero-order chi connectivity index (χ0) is 33.7. The number of ketones is 1. The topological polar surface area (TPSA) is 170 Å². The minimum absolute atomic E-state index is 0.0488. The molecule has 4 aromatic rings. The number of nitrogens with one attached hydrogen (secondary N) is 2. The first-order chi connectivity index (χ1) is 22.6. The fourth-order valence-corrected chi connectivity index (χ4v) is 5.78. The van der Waals surface area contributed by atoms with Crippen molar-refractivity contribution in [3.8, 4) is 11.1 Å². The molecule has 2 N–H and O–H groups in total. The molecule has 3 amide bonds. The van der Waals surface area contributed by atoms with Crippen molar-refractivity contribution in [2.24, 2.45) is 7.05 Å². The highest BCUT2D eigenvalue weighted by Crippen LogP contribution is 2.39. The van der Waals surface area contributed by atoms with E-state index < -0.39 is 23.6 Å². The molecule has 1 aliphatic heterocycles. The molecule has 248 valence electrons. The van der Waals surface area contributed by atoms with E-state index in [1.807, 2.05) is 0 Å². The van der Waals surface area contributed by atoms with Gasteiger partial charge < -0.3 is 20.3 Å². The van der Waals surface area contributed by atoms with Crippen LogP contribution in [0.1, 0.15) is 50.6 Å². The summed E-state index contributed by atoms with van der Waals surface area (Å²) in [6, 6.07) is 4.87. The second kappa shape index (κ2) is 14.5. The van der Waals surface area contributed by atoms with Gasteiger partial charge >= 0.3 is 5.97 Å². The van der Waals surface area contributed by atoms with E-state index in [9.17, 15) is 24.0 Å². The van der Waals surface area contributed by atoms with Crippen molar-refractivity contribution in [3.63, 3.8) is 0 Å².